The van der Waals surface area contributed by atoms with Gasteiger partial charge in [0.15, 0.2) is 5.16 Å². The molecule has 0 aliphatic heterocycles. The van der Waals surface area contributed by atoms with Crippen LogP contribution >= 0.6 is 23.4 Å². The molecule has 0 aromatic carbocycles. The van der Waals surface area contributed by atoms with E-state index >= 15 is 0 Å². The molecule has 1 aromatic rings. The van der Waals surface area contributed by atoms with Crippen molar-refractivity contribution < 1.29 is 25.0 Å². The summed E-state index contributed by atoms with van der Waals surface area (Å²) in [6.45, 7) is 1.53. The van der Waals surface area contributed by atoms with Crippen molar-refractivity contribution >= 4 is 34.9 Å². The molecule has 0 radical (unpaired) electrons. The van der Waals surface area contributed by atoms with E-state index in [2.05, 4.69) is 15.3 Å². The number of hydrogen-bond donors (Lipinski definition) is 3. The Kier molecular flexibility index (Phi) is 8.27. The number of aromatic nitrogens is 2. The Labute approximate surface area is 169 Å². The van der Waals surface area contributed by atoms with Crippen LogP contribution < -0.4 is 5.01 Å². The molecule has 28 heavy (non-hydrogen) atoms. The lowest BCUT2D eigenvalue weighted by atomic mass is 10.2. The molecule has 1 fully saturated rings. The number of nitroso groups, excluding NO2 is 1. The molecule has 12 nitrogen and oxygen atoms in total. The Morgan fingerprint density at radius 1 is 1.43 bits per heavy atom. The Hall–Kier alpha value is -1.64. The van der Waals surface area contributed by atoms with Gasteiger partial charge in [-0.2, -0.15) is 9.99 Å². The second-order valence-electron chi connectivity index (χ2n) is 5.92. The highest BCUT2D eigenvalue weighted by molar-refractivity contribution is 7.99. The molecule has 4 atom stereocenters. The van der Waals surface area contributed by atoms with Gasteiger partial charge in [-0.25, -0.2) is 4.98 Å². The third-order valence-electron chi connectivity index (χ3n) is 4.06. The van der Waals surface area contributed by atoms with Gasteiger partial charge < -0.3 is 20.1 Å². The maximum Gasteiger partial charge on any atom is 0.350 e. The number of aliphatic hydroxyl groups is 3. The largest absolute Gasteiger partial charge is 0.394 e. The molecule has 3 N–H and O–H groups in total. The van der Waals surface area contributed by atoms with Gasteiger partial charge in [-0.1, -0.05) is 30.3 Å². The van der Waals surface area contributed by atoms with Gasteiger partial charge in [-0.3, -0.25) is 10.1 Å². The van der Waals surface area contributed by atoms with Gasteiger partial charge >= 0.3 is 5.69 Å². The lowest BCUT2D eigenvalue weighted by Gasteiger charge is -2.24. The number of nitro groups is 1. The van der Waals surface area contributed by atoms with Gasteiger partial charge in [0.1, 0.15) is 12.2 Å². The number of hydrogen-bond acceptors (Lipinski definition) is 11. The average Bonchev–Trinajstić information content (AvgIpc) is 2.93. The highest BCUT2D eigenvalue weighted by Crippen LogP contribution is 2.38. The summed E-state index contributed by atoms with van der Waals surface area (Å²) < 4.78 is 5.25. The summed E-state index contributed by atoms with van der Waals surface area (Å²) in [7, 11) is 0. The Balaban J connectivity index is 2.43. The normalized spacial score (nSPS) is 24.3. The van der Waals surface area contributed by atoms with Gasteiger partial charge in [-0.15, -0.1) is 4.91 Å². The lowest BCUT2D eigenvalue weighted by Crippen LogP contribution is -2.41. The van der Waals surface area contributed by atoms with Crippen molar-refractivity contribution in [2.24, 2.45) is 5.29 Å². The van der Waals surface area contributed by atoms with Crippen LogP contribution in [0.25, 0.3) is 0 Å². The number of nitrogens with zero attached hydrogens (tertiary/aromatic N) is 5. The van der Waals surface area contributed by atoms with E-state index in [1.807, 2.05) is 6.92 Å². The molecule has 0 unspecified atom stereocenters. The molecule has 1 aliphatic rings. The second-order valence-corrected chi connectivity index (χ2v) is 7.34. The summed E-state index contributed by atoms with van der Waals surface area (Å²) >= 11 is 7.13. The predicted octanol–water partition coefficient (Wildman–Crippen LogP) is 0.900. The Morgan fingerprint density at radius 2 is 2.14 bits per heavy atom. The van der Waals surface area contributed by atoms with Gasteiger partial charge in [-0.05, 0) is 6.42 Å². The number of thioether (sulfide) groups is 1. The Morgan fingerprint density at radius 3 is 2.71 bits per heavy atom. The van der Waals surface area contributed by atoms with Crippen molar-refractivity contribution in [3.05, 3.63) is 20.2 Å². The quantitative estimate of drug-likeness (QED) is 0.118. The van der Waals surface area contributed by atoms with E-state index in [4.69, 9.17) is 21.4 Å². The first-order valence-electron chi connectivity index (χ1n) is 8.41. The molecule has 1 saturated carbocycles. The molecule has 2 rings (SSSR count). The highest BCUT2D eigenvalue weighted by atomic mass is 35.5. The maximum atomic E-state index is 11.5. The fraction of sp³-hybridized carbons (Fsp3) is 0.714. The molecule has 14 heteroatoms. The molecule has 1 heterocycles. The van der Waals surface area contributed by atoms with Crippen molar-refractivity contribution in [3.63, 3.8) is 0 Å². The smallest absolute Gasteiger partial charge is 0.350 e. The van der Waals surface area contributed by atoms with Crippen LogP contribution in [0.2, 0.25) is 5.15 Å². The number of anilines is 1. The predicted molar refractivity (Wildman–Crippen MR) is 100 cm³/mol. The average molecular weight is 438 g/mol. The first kappa shape index (κ1) is 22.6. The van der Waals surface area contributed by atoms with E-state index in [1.165, 1.54) is 11.8 Å². The van der Waals surface area contributed by atoms with Gasteiger partial charge in [0.05, 0.1) is 35.6 Å². The number of rotatable bonds is 10. The minimum absolute atomic E-state index is 0.0791. The molecular weight excluding hydrogens is 418 g/mol. The molecular formula is C14H20ClN5O7S. The van der Waals surface area contributed by atoms with Crippen LogP contribution in [-0.2, 0) is 4.74 Å². The topological polar surface area (TPSA) is 172 Å². The van der Waals surface area contributed by atoms with E-state index in [-0.39, 0.29) is 24.8 Å². The third-order valence-corrected chi connectivity index (χ3v) is 5.38. The van der Waals surface area contributed by atoms with Gasteiger partial charge in [0.2, 0.25) is 11.0 Å². The van der Waals surface area contributed by atoms with Crippen molar-refractivity contribution in [2.75, 3.05) is 24.0 Å². The molecule has 156 valence electrons. The van der Waals surface area contributed by atoms with Crippen LogP contribution in [0.4, 0.5) is 11.5 Å². The molecule has 1 aromatic heterocycles. The van der Waals surface area contributed by atoms with Gasteiger partial charge in [0, 0.05) is 12.2 Å². The van der Waals surface area contributed by atoms with Crippen LogP contribution in [0.15, 0.2) is 10.4 Å². The minimum Gasteiger partial charge on any atom is -0.394 e. The fourth-order valence-electron chi connectivity index (χ4n) is 2.81. The molecule has 0 saturated heterocycles. The van der Waals surface area contributed by atoms with Crippen LogP contribution in [0.5, 0.6) is 0 Å². The van der Waals surface area contributed by atoms with Crippen LogP contribution in [0.3, 0.4) is 0 Å². The summed E-state index contributed by atoms with van der Waals surface area (Å²) in [6.07, 6.45) is -3.08. The van der Waals surface area contributed by atoms with E-state index in [0.717, 1.165) is 6.42 Å². The van der Waals surface area contributed by atoms with Crippen LogP contribution in [-0.4, -0.2) is 73.5 Å². The summed E-state index contributed by atoms with van der Waals surface area (Å²) in [5, 5.41) is 43.8. The summed E-state index contributed by atoms with van der Waals surface area (Å²) in [6, 6.07) is -1.15. The minimum atomic E-state index is -1.50. The van der Waals surface area contributed by atoms with Gasteiger partial charge in [0.25, 0.3) is 0 Å². The molecule has 1 aliphatic carbocycles. The highest BCUT2D eigenvalue weighted by Gasteiger charge is 2.48. The molecule has 0 amide bonds. The van der Waals surface area contributed by atoms with Crippen molar-refractivity contribution in [3.8, 4) is 0 Å². The summed E-state index contributed by atoms with van der Waals surface area (Å²) in [5.41, 5.74) is -0.733. The van der Waals surface area contributed by atoms with E-state index in [9.17, 15) is 25.2 Å². The number of aliphatic hydroxyl groups excluding tert-OH is 3. The molecule has 0 spiro atoms. The third kappa shape index (κ3) is 4.85. The first-order chi connectivity index (χ1) is 13.3. The van der Waals surface area contributed by atoms with Crippen molar-refractivity contribution in [1.82, 2.24) is 9.97 Å². The van der Waals surface area contributed by atoms with Crippen molar-refractivity contribution in [2.45, 2.75) is 49.3 Å². The van der Waals surface area contributed by atoms with E-state index < -0.39 is 45.9 Å². The maximum absolute atomic E-state index is 11.5. The monoisotopic (exact) mass is 437 g/mol. The van der Waals surface area contributed by atoms with Crippen LogP contribution in [0.1, 0.15) is 19.8 Å². The zero-order valence-corrected chi connectivity index (χ0v) is 16.4. The lowest BCUT2D eigenvalue weighted by molar-refractivity contribution is -0.384. The fourth-order valence-corrected chi connectivity index (χ4v) is 3.79. The SMILES string of the molecule is CCCSc1nc(Cl)c([N+](=O)[O-])c(N(N=O)[C@@H]2C[C@H](OCCO)[C@@H](O)[C@H]2O)n1. The van der Waals surface area contributed by atoms with Crippen molar-refractivity contribution in [1.29, 1.82) is 0 Å². The Bertz CT molecular complexity index is 715. The number of ether oxygens (including phenoxy) is 1. The summed E-state index contributed by atoms with van der Waals surface area (Å²) in [4.78, 5) is 30.1. The number of halogens is 1. The second kappa shape index (κ2) is 10.2. The van der Waals surface area contributed by atoms with E-state index in [1.54, 1.807) is 0 Å². The summed E-state index contributed by atoms with van der Waals surface area (Å²) in [5.74, 6) is 0.141. The zero-order chi connectivity index (χ0) is 20.8. The molecule has 0 bridgehead atoms. The zero-order valence-electron chi connectivity index (χ0n) is 14.8. The standard InChI is InChI=1S/C14H20ClN5O7S/c1-2-5-28-14-16-12(15)9(20(25)26)13(17-14)19(18-24)7-6-8(27-4-3-21)11(23)10(7)22/h7-8,10-11,21-23H,2-6H2,1H3/t7-,8+,10+,11-/m1/s1. The van der Waals surface area contributed by atoms with Crippen LogP contribution in [0, 0.1) is 15.0 Å². The first-order valence-corrected chi connectivity index (χ1v) is 9.77. The van der Waals surface area contributed by atoms with E-state index in [0.29, 0.717) is 10.8 Å².